The van der Waals surface area contributed by atoms with Crippen LogP contribution in [0.2, 0.25) is 0 Å². The minimum absolute atomic E-state index is 0.116. The van der Waals surface area contributed by atoms with Crippen LogP contribution >= 0.6 is 0 Å². The molecular weight excluding hydrogens is 229 g/mol. The van der Waals surface area contributed by atoms with Gasteiger partial charge in [-0.05, 0) is 36.7 Å². The van der Waals surface area contributed by atoms with Crippen molar-refractivity contribution in [2.75, 3.05) is 6.54 Å². The summed E-state index contributed by atoms with van der Waals surface area (Å²) in [6.07, 6.45) is 5.62. The van der Waals surface area contributed by atoms with Crippen LogP contribution in [0.1, 0.15) is 30.6 Å². The molecular formula is C14H16FN3. The molecule has 1 N–H and O–H groups in total. The zero-order chi connectivity index (χ0) is 12.8. The molecule has 1 atom stereocenters. The maximum atomic E-state index is 13.3. The second-order valence-corrected chi connectivity index (χ2v) is 4.08. The molecule has 0 amide bonds. The molecule has 0 aromatic carbocycles. The third-order valence-electron chi connectivity index (χ3n) is 2.64. The highest BCUT2D eigenvalue weighted by Crippen LogP contribution is 2.19. The second-order valence-electron chi connectivity index (χ2n) is 4.08. The maximum Gasteiger partial charge on any atom is 0.141 e. The normalized spacial score (nSPS) is 12.3. The maximum absolute atomic E-state index is 13.3. The molecule has 0 bridgehead atoms. The fourth-order valence-corrected chi connectivity index (χ4v) is 1.81. The van der Waals surface area contributed by atoms with Crippen LogP contribution in [-0.4, -0.2) is 16.5 Å². The molecule has 0 fully saturated rings. The van der Waals surface area contributed by atoms with Gasteiger partial charge in [0.1, 0.15) is 5.82 Å². The van der Waals surface area contributed by atoms with Crippen molar-refractivity contribution in [1.82, 2.24) is 15.3 Å². The first-order valence-electron chi connectivity index (χ1n) is 6.06. The largest absolute Gasteiger partial charge is 0.305 e. The van der Waals surface area contributed by atoms with E-state index in [9.17, 15) is 4.39 Å². The van der Waals surface area contributed by atoms with E-state index in [1.807, 2.05) is 18.2 Å². The molecule has 18 heavy (non-hydrogen) atoms. The van der Waals surface area contributed by atoms with Crippen LogP contribution in [0.25, 0.3) is 0 Å². The smallest absolute Gasteiger partial charge is 0.141 e. The summed E-state index contributed by atoms with van der Waals surface area (Å²) in [4.78, 5) is 8.22. The highest BCUT2D eigenvalue weighted by atomic mass is 19.1. The Morgan fingerprint density at radius 2 is 2.22 bits per heavy atom. The summed E-state index contributed by atoms with van der Waals surface area (Å²) < 4.78 is 13.3. The number of nitrogens with zero attached hydrogens (tertiary/aromatic N) is 2. The molecule has 3 nitrogen and oxygen atoms in total. The molecule has 94 valence electrons. The van der Waals surface area contributed by atoms with Crippen LogP contribution in [-0.2, 0) is 0 Å². The predicted molar refractivity (Wildman–Crippen MR) is 68.6 cm³/mol. The van der Waals surface area contributed by atoms with E-state index < -0.39 is 0 Å². The van der Waals surface area contributed by atoms with Crippen LogP contribution < -0.4 is 5.32 Å². The Morgan fingerprint density at radius 1 is 1.33 bits per heavy atom. The number of halogens is 1. The van der Waals surface area contributed by atoms with Gasteiger partial charge in [-0.2, -0.15) is 0 Å². The Morgan fingerprint density at radius 3 is 2.89 bits per heavy atom. The lowest BCUT2D eigenvalue weighted by Gasteiger charge is -2.18. The highest BCUT2D eigenvalue weighted by Gasteiger charge is 2.15. The van der Waals surface area contributed by atoms with Gasteiger partial charge in [0.15, 0.2) is 0 Å². The fraction of sp³-hybridized carbons (Fsp3) is 0.286. The van der Waals surface area contributed by atoms with Gasteiger partial charge in [0.05, 0.1) is 17.9 Å². The number of rotatable bonds is 5. The standard InChI is InChI=1S/C14H16FN3/c1-2-6-18-14(13-5-3-4-7-17-13)11-8-12(15)10-16-9-11/h3-5,7-10,14,18H,2,6H2,1H3. The number of nitrogens with one attached hydrogen (secondary N) is 1. The summed E-state index contributed by atoms with van der Waals surface area (Å²) in [7, 11) is 0. The lowest BCUT2D eigenvalue weighted by molar-refractivity contribution is 0.572. The van der Waals surface area contributed by atoms with E-state index in [1.54, 1.807) is 12.4 Å². The Hall–Kier alpha value is -1.81. The molecule has 2 aromatic heterocycles. The van der Waals surface area contributed by atoms with Crippen LogP contribution in [0.4, 0.5) is 4.39 Å². The number of hydrogen-bond acceptors (Lipinski definition) is 3. The molecule has 0 spiro atoms. The van der Waals surface area contributed by atoms with Crippen LogP contribution in [0.3, 0.4) is 0 Å². The second kappa shape index (κ2) is 6.21. The summed E-state index contributed by atoms with van der Waals surface area (Å²) in [6, 6.07) is 7.10. The summed E-state index contributed by atoms with van der Waals surface area (Å²) in [5, 5.41) is 3.36. The van der Waals surface area contributed by atoms with Crippen molar-refractivity contribution in [2.24, 2.45) is 0 Å². The topological polar surface area (TPSA) is 37.8 Å². The monoisotopic (exact) mass is 245 g/mol. The van der Waals surface area contributed by atoms with Crippen molar-refractivity contribution in [3.8, 4) is 0 Å². The Labute approximate surface area is 106 Å². The average molecular weight is 245 g/mol. The summed E-state index contributed by atoms with van der Waals surface area (Å²) in [6.45, 7) is 2.93. The first kappa shape index (κ1) is 12.6. The number of pyridine rings is 2. The van der Waals surface area contributed by atoms with Gasteiger partial charge in [0, 0.05) is 12.4 Å². The summed E-state index contributed by atoms with van der Waals surface area (Å²) >= 11 is 0. The fourth-order valence-electron chi connectivity index (χ4n) is 1.81. The number of aromatic nitrogens is 2. The highest BCUT2D eigenvalue weighted by molar-refractivity contribution is 5.25. The van der Waals surface area contributed by atoms with E-state index in [1.165, 1.54) is 12.3 Å². The van der Waals surface area contributed by atoms with Gasteiger partial charge < -0.3 is 5.32 Å². The molecule has 0 saturated carbocycles. The van der Waals surface area contributed by atoms with Crippen molar-refractivity contribution in [3.05, 3.63) is 59.9 Å². The predicted octanol–water partition coefficient (Wildman–Crippen LogP) is 2.70. The van der Waals surface area contributed by atoms with Gasteiger partial charge in [0.25, 0.3) is 0 Å². The van der Waals surface area contributed by atoms with Crippen molar-refractivity contribution >= 4 is 0 Å². The van der Waals surface area contributed by atoms with E-state index in [-0.39, 0.29) is 11.9 Å². The SMILES string of the molecule is CCCNC(c1cncc(F)c1)c1ccccn1. The van der Waals surface area contributed by atoms with Crippen molar-refractivity contribution in [1.29, 1.82) is 0 Å². The van der Waals surface area contributed by atoms with Crippen molar-refractivity contribution < 1.29 is 4.39 Å². The number of hydrogen-bond donors (Lipinski definition) is 1. The van der Waals surface area contributed by atoms with E-state index >= 15 is 0 Å². The average Bonchev–Trinajstić information content (AvgIpc) is 2.40. The van der Waals surface area contributed by atoms with Crippen LogP contribution in [0, 0.1) is 5.82 Å². The molecule has 2 heterocycles. The third-order valence-corrected chi connectivity index (χ3v) is 2.64. The summed E-state index contributed by atoms with van der Waals surface area (Å²) in [5.41, 5.74) is 1.67. The molecule has 0 radical (unpaired) electrons. The molecule has 0 saturated heterocycles. The molecule has 4 heteroatoms. The van der Waals surface area contributed by atoms with Gasteiger partial charge in [0.2, 0.25) is 0 Å². The van der Waals surface area contributed by atoms with Gasteiger partial charge in [-0.15, -0.1) is 0 Å². The molecule has 2 aromatic rings. The lowest BCUT2D eigenvalue weighted by Crippen LogP contribution is -2.24. The van der Waals surface area contributed by atoms with Gasteiger partial charge in [-0.25, -0.2) is 4.39 Å². The summed E-state index contributed by atoms with van der Waals surface area (Å²) in [5.74, 6) is -0.327. The van der Waals surface area contributed by atoms with Gasteiger partial charge >= 0.3 is 0 Å². The molecule has 0 aliphatic rings. The first-order chi connectivity index (χ1) is 8.81. The van der Waals surface area contributed by atoms with Gasteiger partial charge in [-0.3, -0.25) is 9.97 Å². The van der Waals surface area contributed by atoms with Gasteiger partial charge in [-0.1, -0.05) is 13.0 Å². The Bertz CT molecular complexity index is 487. The minimum Gasteiger partial charge on any atom is -0.305 e. The Balaban J connectivity index is 2.31. The zero-order valence-corrected chi connectivity index (χ0v) is 10.3. The Kier molecular flexibility index (Phi) is 4.36. The molecule has 0 aliphatic carbocycles. The van der Waals surface area contributed by atoms with Crippen LogP contribution in [0.5, 0.6) is 0 Å². The zero-order valence-electron chi connectivity index (χ0n) is 10.3. The van der Waals surface area contributed by atoms with E-state index in [2.05, 4.69) is 22.2 Å². The third kappa shape index (κ3) is 3.11. The lowest BCUT2D eigenvalue weighted by atomic mass is 10.0. The first-order valence-corrected chi connectivity index (χ1v) is 6.06. The quantitative estimate of drug-likeness (QED) is 0.880. The molecule has 2 rings (SSSR count). The van der Waals surface area contributed by atoms with E-state index in [0.29, 0.717) is 0 Å². The van der Waals surface area contributed by atoms with E-state index in [4.69, 9.17) is 0 Å². The van der Waals surface area contributed by atoms with Crippen LogP contribution in [0.15, 0.2) is 42.9 Å². The molecule has 1 unspecified atom stereocenters. The van der Waals surface area contributed by atoms with Crippen molar-refractivity contribution in [2.45, 2.75) is 19.4 Å². The minimum atomic E-state index is -0.327. The molecule has 0 aliphatic heterocycles. The van der Waals surface area contributed by atoms with E-state index in [0.717, 1.165) is 24.2 Å². The van der Waals surface area contributed by atoms with Crippen molar-refractivity contribution in [3.63, 3.8) is 0 Å².